The molecule has 3 aromatic carbocycles. The summed E-state index contributed by atoms with van der Waals surface area (Å²) in [5, 5.41) is 0.175. The van der Waals surface area contributed by atoms with Gasteiger partial charge in [0.25, 0.3) is 0 Å². The highest BCUT2D eigenvalue weighted by Crippen LogP contribution is 2.41. The molecule has 0 saturated heterocycles. The average Bonchev–Trinajstić information content (AvgIpc) is 2.98. The molecule has 40 heavy (non-hydrogen) atoms. The fraction of sp³-hybridized carbons (Fsp3) is 0.412. The average molecular weight is 580 g/mol. The van der Waals surface area contributed by atoms with Gasteiger partial charge < -0.3 is 9.47 Å². The van der Waals surface area contributed by atoms with Gasteiger partial charge in [0.2, 0.25) is 0 Å². The number of carbonyl (C=O) groups excluding carboxylic acids is 2. The zero-order chi connectivity index (χ0) is 27.9. The van der Waals surface area contributed by atoms with Crippen molar-refractivity contribution in [2.45, 2.75) is 64.2 Å². The number of halogens is 2. The highest BCUT2D eigenvalue weighted by molar-refractivity contribution is 6.44. The third kappa shape index (κ3) is 7.47. The lowest BCUT2D eigenvalue weighted by Crippen LogP contribution is -2.27. The van der Waals surface area contributed by atoms with E-state index in [2.05, 4.69) is 48.5 Å². The van der Waals surface area contributed by atoms with Crippen molar-refractivity contribution in [3.8, 4) is 11.5 Å². The lowest BCUT2D eigenvalue weighted by molar-refractivity contribution is -0.141. The Kier molecular flexibility index (Phi) is 9.83. The second-order valence-corrected chi connectivity index (χ2v) is 12.1. The maximum atomic E-state index is 12.9. The minimum Gasteiger partial charge on any atom is -0.425 e. The molecule has 2 aliphatic carbocycles. The predicted molar refractivity (Wildman–Crippen MR) is 159 cm³/mol. The first-order valence-electron chi connectivity index (χ1n) is 14.5. The van der Waals surface area contributed by atoms with Crippen molar-refractivity contribution in [3.05, 3.63) is 94.0 Å². The molecule has 0 heterocycles. The van der Waals surface area contributed by atoms with Gasteiger partial charge in [-0.25, -0.2) is 0 Å². The van der Waals surface area contributed by atoms with Gasteiger partial charge in [0.15, 0.2) is 11.5 Å². The number of hydrogen-bond acceptors (Lipinski definition) is 4. The number of carbonyl (C=O) groups is 2. The first kappa shape index (κ1) is 28.7. The Morgan fingerprint density at radius 2 is 0.900 bits per heavy atom. The number of esters is 2. The summed E-state index contributed by atoms with van der Waals surface area (Å²) in [6.07, 6.45) is 9.24. The first-order valence-corrected chi connectivity index (χ1v) is 15.2. The van der Waals surface area contributed by atoms with Gasteiger partial charge >= 0.3 is 11.9 Å². The van der Waals surface area contributed by atoms with Crippen molar-refractivity contribution in [1.29, 1.82) is 0 Å². The van der Waals surface area contributed by atoms with Crippen LogP contribution < -0.4 is 9.47 Å². The van der Waals surface area contributed by atoms with Crippen LogP contribution in [0, 0.1) is 23.7 Å². The maximum absolute atomic E-state index is 12.9. The molecule has 0 aromatic heterocycles. The zero-order valence-electron chi connectivity index (χ0n) is 22.7. The van der Waals surface area contributed by atoms with Gasteiger partial charge in [-0.3, -0.25) is 9.59 Å². The second-order valence-electron chi connectivity index (χ2n) is 11.3. The Balaban J connectivity index is 1.09. The van der Waals surface area contributed by atoms with Crippen molar-refractivity contribution >= 4 is 35.1 Å². The summed E-state index contributed by atoms with van der Waals surface area (Å²) < 4.78 is 11.3. The lowest BCUT2D eigenvalue weighted by Gasteiger charge is -2.27. The molecule has 2 fully saturated rings. The van der Waals surface area contributed by atoms with Gasteiger partial charge in [0.05, 0.1) is 11.8 Å². The van der Waals surface area contributed by atoms with Gasteiger partial charge in [0.1, 0.15) is 10.0 Å². The smallest absolute Gasteiger partial charge is 0.314 e. The quantitative estimate of drug-likeness (QED) is 0.198. The van der Waals surface area contributed by atoms with Crippen LogP contribution in [0.4, 0.5) is 0 Å². The molecule has 210 valence electrons. The van der Waals surface area contributed by atoms with Crippen molar-refractivity contribution in [3.63, 3.8) is 0 Å². The van der Waals surface area contributed by atoms with Crippen molar-refractivity contribution < 1.29 is 19.1 Å². The number of hydrogen-bond donors (Lipinski definition) is 0. The van der Waals surface area contributed by atoms with Gasteiger partial charge in [-0.1, -0.05) is 83.9 Å². The molecular formula is C34H36Cl2O4. The monoisotopic (exact) mass is 578 g/mol. The van der Waals surface area contributed by atoms with E-state index in [0.29, 0.717) is 11.8 Å². The third-order valence-corrected chi connectivity index (χ3v) is 9.37. The van der Waals surface area contributed by atoms with E-state index in [-0.39, 0.29) is 45.3 Å². The lowest BCUT2D eigenvalue weighted by atomic mass is 9.79. The minimum absolute atomic E-state index is 0.0876. The van der Waals surface area contributed by atoms with Crippen LogP contribution in [0.1, 0.15) is 62.5 Å². The molecule has 6 heteroatoms. The van der Waals surface area contributed by atoms with E-state index in [1.807, 2.05) is 12.1 Å². The van der Waals surface area contributed by atoms with E-state index in [4.69, 9.17) is 32.7 Å². The number of ether oxygens (including phenoxy) is 2. The van der Waals surface area contributed by atoms with Crippen molar-refractivity contribution in [1.82, 2.24) is 0 Å². The fourth-order valence-corrected chi connectivity index (χ4v) is 6.54. The summed E-state index contributed by atoms with van der Waals surface area (Å²) in [7, 11) is 0. The summed E-state index contributed by atoms with van der Waals surface area (Å²) in [5.41, 5.74) is 2.68. The van der Waals surface area contributed by atoms with E-state index in [9.17, 15) is 9.59 Å². The summed E-state index contributed by atoms with van der Waals surface area (Å²) in [5.74, 6) is 0.678. The Hall–Kier alpha value is -2.82. The van der Waals surface area contributed by atoms with Crippen LogP contribution in [0.15, 0.2) is 72.8 Å². The molecule has 0 N–H and O–H groups in total. The molecule has 0 radical (unpaired) electrons. The van der Waals surface area contributed by atoms with Crippen LogP contribution >= 0.6 is 23.2 Å². The van der Waals surface area contributed by atoms with Crippen molar-refractivity contribution in [2.24, 2.45) is 23.7 Å². The van der Waals surface area contributed by atoms with Crippen LogP contribution in [-0.2, 0) is 22.4 Å². The normalized spacial score (nSPS) is 22.9. The van der Waals surface area contributed by atoms with Crippen LogP contribution in [0.3, 0.4) is 0 Å². The van der Waals surface area contributed by atoms with E-state index in [1.165, 1.54) is 11.1 Å². The van der Waals surface area contributed by atoms with Crippen LogP contribution in [0.25, 0.3) is 0 Å². The molecule has 0 bridgehead atoms. The molecule has 0 amide bonds. The molecule has 0 unspecified atom stereocenters. The summed E-state index contributed by atoms with van der Waals surface area (Å²) in [4.78, 5) is 25.8. The standard InChI is InChI=1S/C34H36Cl2O4/c35-31-29(39-33(37)27-15-11-25(12-16-27)21-23-7-3-1-4-8-23)19-20-30(32(31)36)40-34(38)28-17-13-26(14-18-28)22-24-9-5-2-6-10-24/h1-10,19-20,25-28H,11-18,21-22H2. The van der Waals surface area contributed by atoms with Crippen molar-refractivity contribution in [2.75, 3.05) is 0 Å². The molecule has 0 aliphatic heterocycles. The number of benzene rings is 3. The summed E-state index contributed by atoms with van der Waals surface area (Å²) in [6.45, 7) is 0. The highest BCUT2D eigenvalue weighted by atomic mass is 35.5. The van der Waals surface area contributed by atoms with E-state index in [0.717, 1.165) is 64.2 Å². The Morgan fingerprint density at radius 1 is 0.550 bits per heavy atom. The Labute approximate surface area is 247 Å². The molecule has 5 rings (SSSR count). The molecule has 0 spiro atoms. The Morgan fingerprint density at radius 3 is 1.25 bits per heavy atom. The van der Waals surface area contributed by atoms with Crippen LogP contribution in [-0.4, -0.2) is 11.9 Å². The van der Waals surface area contributed by atoms with Gasteiger partial charge in [-0.05, 0) is 99.3 Å². The third-order valence-electron chi connectivity index (χ3n) is 8.53. The Bertz CT molecular complexity index is 1180. The zero-order valence-corrected chi connectivity index (χ0v) is 24.2. The molecule has 0 atom stereocenters. The predicted octanol–water partition coefficient (Wildman–Crippen LogP) is 8.90. The summed E-state index contributed by atoms with van der Waals surface area (Å²) >= 11 is 12.9. The van der Waals surface area contributed by atoms with Gasteiger partial charge in [-0.2, -0.15) is 0 Å². The molecular weight excluding hydrogens is 543 g/mol. The molecule has 2 saturated carbocycles. The maximum Gasteiger partial charge on any atom is 0.314 e. The SMILES string of the molecule is O=C(Oc1ccc(OC(=O)C2CCC(Cc3ccccc3)CC2)c(Cl)c1Cl)C1CCC(Cc2ccccc2)CC1. The topological polar surface area (TPSA) is 52.6 Å². The minimum atomic E-state index is -0.284. The van der Waals surface area contributed by atoms with Crippen LogP contribution in [0.5, 0.6) is 11.5 Å². The fourth-order valence-electron chi connectivity index (χ4n) is 6.15. The molecule has 4 nitrogen and oxygen atoms in total. The highest BCUT2D eigenvalue weighted by Gasteiger charge is 2.30. The number of rotatable bonds is 8. The van der Waals surface area contributed by atoms with Crippen LogP contribution in [0.2, 0.25) is 10.0 Å². The first-order chi connectivity index (χ1) is 19.5. The second kappa shape index (κ2) is 13.7. The van der Waals surface area contributed by atoms with Gasteiger partial charge in [0, 0.05) is 0 Å². The summed E-state index contributed by atoms with van der Waals surface area (Å²) in [6, 6.07) is 24.1. The largest absolute Gasteiger partial charge is 0.425 e. The molecule has 3 aromatic rings. The van der Waals surface area contributed by atoms with E-state index in [1.54, 1.807) is 12.1 Å². The molecule has 2 aliphatic rings. The van der Waals surface area contributed by atoms with E-state index < -0.39 is 0 Å². The van der Waals surface area contributed by atoms with Gasteiger partial charge in [-0.15, -0.1) is 0 Å². The van der Waals surface area contributed by atoms with E-state index >= 15 is 0 Å².